The predicted molar refractivity (Wildman–Crippen MR) is 136 cm³/mol. The van der Waals surface area contributed by atoms with Crippen molar-refractivity contribution in [2.45, 2.75) is 26.1 Å². The lowest BCUT2D eigenvalue weighted by Crippen LogP contribution is -3.00. The molecular weight excluding hydrogens is 499 g/mol. The SMILES string of the molecule is CC(C)Oc1ccc(C[P+](c2ccccc2)(c2ccccc2)c2ccccc2)cc1Cl.[Br-]. The Balaban J connectivity index is 0.00000289. The van der Waals surface area contributed by atoms with E-state index in [2.05, 4.69) is 103 Å². The highest BCUT2D eigenvalue weighted by Gasteiger charge is 2.45. The lowest BCUT2D eigenvalue weighted by atomic mass is 10.2. The van der Waals surface area contributed by atoms with Crippen LogP contribution in [0.1, 0.15) is 19.4 Å². The second-order valence-corrected chi connectivity index (χ2v) is 11.8. The lowest BCUT2D eigenvalue weighted by molar-refractivity contribution is -0.00000725. The summed E-state index contributed by atoms with van der Waals surface area (Å²) in [6.07, 6.45) is 0.986. The summed E-state index contributed by atoms with van der Waals surface area (Å²) in [5, 5.41) is 4.77. The van der Waals surface area contributed by atoms with E-state index < -0.39 is 7.26 Å². The quantitative estimate of drug-likeness (QED) is 0.335. The Labute approximate surface area is 207 Å². The van der Waals surface area contributed by atoms with E-state index in [9.17, 15) is 0 Å². The molecule has 32 heavy (non-hydrogen) atoms. The Morgan fingerprint density at radius 2 is 1.12 bits per heavy atom. The summed E-state index contributed by atoms with van der Waals surface area (Å²) in [6, 6.07) is 39.0. The molecule has 0 aliphatic heterocycles. The zero-order chi connectivity index (χ0) is 21.7. The third-order valence-electron chi connectivity index (χ3n) is 5.37. The molecule has 0 bridgehead atoms. The fourth-order valence-electron chi connectivity index (χ4n) is 4.03. The van der Waals surface area contributed by atoms with Crippen molar-refractivity contribution in [3.05, 3.63) is 120 Å². The van der Waals surface area contributed by atoms with Crippen LogP contribution in [0, 0.1) is 0 Å². The van der Waals surface area contributed by atoms with Gasteiger partial charge in [-0.1, -0.05) is 72.3 Å². The van der Waals surface area contributed by atoms with Crippen LogP contribution in [0.25, 0.3) is 0 Å². The maximum atomic E-state index is 6.63. The summed E-state index contributed by atoms with van der Waals surface area (Å²) < 4.78 is 5.86. The number of ether oxygens (including phenoxy) is 1. The molecule has 0 aliphatic carbocycles. The monoisotopic (exact) mass is 524 g/mol. The summed E-state index contributed by atoms with van der Waals surface area (Å²) in [5.41, 5.74) is 1.21. The van der Waals surface area contributed by atoms with Crippen LogP contribution in [-0.4, -0.2) is 6.10 Å². The van der Waals surface area contributed by atoms with Gasteiger partial charge in [0.2, 0.25) is 0 Å². The topological polar surface area (TPSA) is 9.23 Å². The Morgan fingerprint density at radius 3 is 1.50 bits per heavy atom. The van der Waals surface area contributed by atoms with Crippen molar-refractivity contribution in [1.29, 1.82) is 0 Å². The summed E-state index contributed by atoms with van der Waals surface area (Å²) in [7, 11) is -1.94. The van der Waals surface area contributed by atoms with Gasteiger partial charge in [0, 0.05) is 0 Å². The average Bonchev–Trinajstić information content (AvgIpc) is 2.81. The van der Waals surface area contributed by atoms with Crippen LogP contribution in [0.4, 0.5) is 0 Å². The second kappa shape index (κ2) is 11.1. The van der Waals surface area contributed by atoms with Crippen molar-refractivity contribution in [3.8, 4) is 5.75 Å². The van der Waals surface area contributed by atoms with Crippen LogP contribution in [0.15, 0.2) is 109 Å². The van der Waals surface area contributed by atoms with Crippen molar-refractivity contribution in [3.63, 3.8) is 0 Å². The highest BCUT2D eigenvalue weighted by atomic mass is 79.9. The molecule has 0 spiro atoms. The van der Waals surface area contributed by atoms with E-state index >= 15 is 0 Å². The number of hydrogen-bond acceptors (Lipinski definition) is 1. The van der Waals surface area contributed by atoms with E-state index in [1.165, 1.54) is 21.5 Å². The number of benzene rings is 4. The normalized spacial score (nSPS) is 11.1. The standard InChI is InChI=1S/C28H27ClOP.BrH/c1-22(2)30-28-19-18-23(20-27(28)29)21-31(24-12-6-3-7-13-24,25-14-8-4-9-15-25)26-16-10-5-11-17-26;/h3-20,22H,21H2,1-2H3;1H/q+1;/p-1. The molecule has 0 unspecified atom stereocenters. The van der Waals surface area contributed by atoms with Gasteiger partial charge in [-0.2, -0.15) is 0 Å². The van der Waals surface area contributed by atoms with E-state index in [1.54, 1.807) is 0 Å². The molecule has 4 rings (SSSR count). The Morgan fingerprint density at radius 1 is 0.688 bits per heavy atom. The van der Waals surface area contributed by atoms with Gasteiger partial charge in [0.25, 0.3) is 0 Å². The molecule has 4 aromatic carbocycles. The van der Waals surface area contributed by atoms with E-state index in [0.717, 1.165) is 11.9 Å². The Hall–Kier alpha value is -2.12. The van der Waals surface area contributed by atoms with E-state index in [-0.39, 0.29) is 23.1 Å². The maximum absolute atomic E-state index is 6.63. The van der Waals surface area contributed by atoms with Crippen LogP contribution in [-0.2, 0) is 6.16 Å². The third-order valence-corrected chi connectivity index (χ3v) is 10.0. The molecule has 164 valence electrons. The van der Waals surface area contributed by atoms with Crippen molar-refractivity contribution >= 4 is 34.8 Å². The Bertz CT molecular complexity index is 1020. The van der Waals surface area contributed by atoms with Gasteiger partial charge in [-0.05, 0) is 67.9 Å². The fourth-order valence-corrected chi connectivity index (χ4v) is 8.51. The molecule has 0 saturated carbocycles. The molecule has 0 N–H and O–H groups in total. The van der Waals surface area contributed by atoms with Crippen LogP contribution in [0.2, 0.25) is 5.02 Å². The zero-order valence-corrected chi connectivity index (χ0v) is 21.5. The van der Waals surface area contributed by atoms with Crippen molar-refractivity contribution in [2.75, 3.05) is 0 Å². The zero-order valence-electron chi connectivity index (χ0n) is 18.3. The maximum Gasteiger partial charge on any atom is 0.138 e. The lowest BCUT2D eigenvalue weighted by Gasteiger charge is -2.28. The molecule has 0 aliphatic rings. The largest absolute Gasteiger partial charge is 1.00 e. The van der Waals surface area contributed by atoms with Gasteiger partial charge >= 0.3 is 0 Å². The molecule has 0 heterocycles. The molecule has 0 aromatic heterocycles. The van der Waals surface area contributed by atoms with Crippen molar-refractivity contribution in [1.82, 2.24) is 0 Å². The minimum absolute atomic E-state index is 0. The smallest absolute Gasteiger partial charge is 0.138 e. The first-order valence-electron chi connectivity index (χ1n) is 10.6. The molecule has 0 fully saturated rings. The molecule has 4 aromatic rings. The van der Waals surface area contributed by atoms with E-state index in [4.69, 9.17) is 16.3 Å². The highest BCUT2D eigenvalue weighted by molar-refractivity contribution is 7.95. The fraction of sp³-hybridized carbons (Fsp3) is 0.143. The molecule has 1 nitrogen and oxygen atoms in total. The minimum atomic E-state index is -1.94. The Kier molecular flexibility index (Phi) is 8.54. The summed E-state index contributed by atoms with van der Waals surface area (Å²) in [4.78, 5) is 0. The average molecular weight is 526 g/mol. The highest BCUT2D eigenvalue weighted by Crippen LogP contribution is 2.58. The summed E-state index contributed by atoms with van der Waals surface area (Å²) in [5.74, 6) is 0.739. The molecule has 0 atom stereocenters. The van der Waals surface area contributed by atoms with Gasteiger partial charge < -0.3 is 21.7 Å². The first-order valence-corrected chi connectivity index (χ1v) is 12.9. The number of rotatable bonds is 7. The molecule has 0 saturated heterocycles. The molecular formula is C28H27BrClOP. The third kappa shape index (κ3) is 5.26. The van der Waals surface area contributed by atoms with Crippen LogP contribution < -0.4 is 37.6 Å². The van der Waals surface area contributed by atoms with E-state index in [0.29, 0.717) is 5.02 Å². The predicted octanol–water partition coefficient (Wildman–Crippen LogP) is 3.63. The van der Waals surface area contributed by atoms with E-state index in [1.807, 2.05) is 19.9 Å². The van der Waals surface area contributed by atoms with Gasteiger partial charge in [0.15, 0.2) is 0 Å². The van der Waals surface area contributed by atoms with Crippen molar-refractivity contribution < 1.29 is 21.7 Å². The first-order chi connectivity index (χ1) is 15.1. The number of hydrogen-bond donors (Lipinski definition) is 0. The van der Waals surface area contributed by atoms with Crippen LogP contribution in [0.5, 0.6) is 5.75 Å². The minimum Gasteiger partial charge on any atom is -1.00 e. The second-order valence-electron chi connectivity index (χ2n) is 7.91. The summed E-state index contributed by atoms with van der Waals surface area (Å²) in [6.45, 7) is 4.03. The molecule has 0 amide bonds. The van der Waals surface area contributed by atoms with Gasteiger partial charge in [-0.3, -0.25) is 0 Å². The van der Waals surface area contributed by atoms with Crippen LogP contribution >= 0.6 is 18.9 Å². The van der Waals surface area contributed by atoms with Gasteiger partial charge in [0.1, 0.15) is 28.9 Å². The van der Waals surface area contributed by atoms with Crippen molar-refractivity contribution in [2.24, 2.45) is 0 Å². The summed E-state index contributed by atoms with van der Waals surface area (Å²) >= 11 is 6.63. The van der Waals surface area contributed by atoms with Gasteiger partial charge in [-0.25, -0.2) is 0 Å². The molecule has 4 heteroatoms. The van der Waals surface area contributed by atoms with Gasteiger partial charge in [-0.15, -0.1) is 0 Å². The van der Waals surface area contributed by atoms with Gasteiger partial charge in [0.05, 0.1) is 17.3 Å². The number of halogens is 2. The molecule has 0 radical (unpaired) electrons. The van der Waals surface area contributed by atoms with Crippen LogP contribution in [0.3, 0.4) is 0 Å². The first kappa shape index (κ1) is 24.5.